The Morgan fingerprint density at radius 2 is 2.11 bits per heavy atom. The van der Waals surface area contributed by atoms with E-state index in [0.29, 0.717) is 16.8 Å². The average Bonchev–Trinajstić information content (AvgIpc) is 2.74. The van der Waals surface area contributed by atoms with E-state index < -0.39 is 12.0 Å². The molecule has 0 spiro atoms. The van der Waals surface area contributed by atoms with Crippen molar-refractivity contribution < 1.29 is 14.3 Å². The molecule has 0 bridgehead atoms. The maximum absolute atomic E-state index is 11.1. The van der Waals surface area contributed by atoms with E-state index in [4.69, 9.17) is 10.5 Å². The summed E-state index contributed by atoms with van der Waals surface area (Å²) in [5.41, 5.74) is 6.56. The Hall–Kier alpha value is -2.28. The quantitative estimate of drug-likeness (QED) is 0.648. The molecular weight excluding hydrogens is 238 g/mol. The molecule has 1 atom stereocenters. The Kier molecular flexibility index (Phi) is 3.33. The fraction of sp³-hybridized carbons (Fsp3) is 0.273. The van der Waals surface area contributed by atoms with E-state index in [1.54, 1.807) is 18.2 Å². The van der Waals surface area contributed by atoms with E-state index >= 15 is 0 Å². The Morgan fingerprint density at radius 3 is 2.83 bits per heavy atom. The van der Waals surface area contributed by atoms with Crippen LogP contribution in [-0.2, 0) is 9.53 Å². The van der Waals surface area contributed by atoms with E-state index in [1.807, 2.05) is 0 Å². The first kappa shape index (κ1) is 12.2. The Bertz CT molecular complexity index is 616. The molecule has 1 unspecified atom stereocenters. The molecule has 7 nitrogen and oxygen atoms in total. The summed E-state index contributed by atoms with van der Waals surface area (Å²) in [4.78, 5) is 27.3. The Labute approximate surface area is 102 Å². The third-order valence-electron chi connectivity index (χ3n) is 2.42. The van der Waals surface area contributed by atoms with E-state index in [2.05, 4.69) is 14.7 Å². The number of esters is 1. The predicted octanol–water partition coefficient (Wildman–Crippen LogP) is -0.265. The molecule has 7 heteroatoms. The topological polar surface area (TPSA) is 110 Å². The van der Waals surface area contributed by atoms with Crippen molar-refractivity contribution in [2.45, 2.75) is 6.04 Å². The number of aromatic amines is 2. The smallest absolute Gasteiger partial charge is 0.326 e. The molecule has 4 N–H and O–H groups in total. The first-order chi connectivity index (χ1) is 8.60. The first-order valence-electron chi connectivity index (χ1n) is 5.28. The molecule has 1 aromatic carbocycles. The van der Waals surface area contributed by atoms with Gasteiger partial charge in [-0.3, -0.25) is 4.79 Å². The molecule has 0 saturated heterocycles. The molecule has 18 heavy (non-hydrogen) atoms. The number of nitrogens with one attached hydrogen (secondary N) is 2. The number of ether oxygens (including phenoxy) is 2. The third-order valence-corrected chi connectivity index (χ3v) is 2.42. The zero-order valence-corrected chi connectivity index (χ0v) is 9.73. The van der Waals surface area contributed by atoms with Gasteiger partial charge in [0.05, 0.1) is 18.1 Å². The van der Waals surface area contributed by atoms with Gasteiger partial charge in [0, 0.05) is 6.07 Å². The Balaban J connectivity index is 2.08. The van der Waals surface area contributed by atoms with Crippen molar-refractivity contribution in [1.82, 2.24) is 9.97 Å². The first-order valence-corrected chi connectivity index (χ1v) is 5.28. The minimum absolute atomic E-state index is 0.00678. The van der Waals surface area contributed by atoms with Crippen LogP contribution in [0.25, 0.3) is 11.0 Å². The number of fused-ring (bicyclic) bond motifs is 1. The van der Waals surface area contributed by atoms with Crippen LogP contribution < -0.4 is 16.2 Å². The van der Waals surface area contributed by atoms with Gasteiger partial charge >= 0.3 is 11.7 Å². The maximum Gasteiger partial charge on any atom is 0.326 e. The summed E-state index contributed by atoms with van der Waals surface area (Å²) in [6.07, 6.45) is 0. The number of methoxy groups -OCH3 is 1. The highest BCUT2D eigenvalue weighted by atomic mass is 16.5. The normalized spacial score (nSPS) is 12.3. The average molecular weight is 251 g/mol. The van der Waals surface area contributed by atoms with Crippen molar-refractivity contribution in [3.05, 3.63) is 28.7 Å². The SMILES string of the molecule is COC(=O)C(N)COc1ccc2[nH]c(=O)[nH]c2c1. The van der Waals surface area contributed by atoms with Crippen LogP contribution in [0.2, 0.25) is 0 Å². The lowest BCUT2D eigenvalue weighted by atomic mass is 10.3. The van der Waals surface area contributed by atoms with Crippen LogP contribution >= 0.6 is 0 Å². The largest absolute Gasteiger partial charge is 0.491 e. The van der Waals surface area contributed by atoms with Crippen molar-refractivity contribution in [1.29, 1.82) is 0 Å². The number of carbonyl (C=O) groups is 1. The molecule has 96 valence electrons. The van der Waals surface area contributed by atoms with E-state index in [-0.39, 0.29) is 12.3 Å². The molecule has 1 heterocycles. The van der Waals surface area contributed by atoms with Crippen LogP contribution in [0, 0.1) is 0 Å². The summed E-state index contributed by atoms with van der Waals surface area (Å²) < 4.78 is 9.82. The molecule has 2 rings (SSSR count). The summed E-state index contributed by atoms with van der Waals surface area (Å²) in [7, 11) is 1.26. The van der Waals surface area contributed by atoms with Crippen molar-refractivity contribution in [2.24, 2.45) is 5.73 Å². The number of benzene rings is 1. The zero-order valence-electron chi connectivity index (χ0n) is 9.73. The number of H-pyrrole nitrogens is 2. The number of hydrogen-bond donors (Lipinski definition) is 3. The summed E-state index contributed by atoms with van der Waals surface area (Å²) in [6.45, 7) is 0.00678. The molecule has 0 aliphatic rings. The van der Waals surface area contributed by atoms with Crippen molar-refractivity contribution >= 4 is 17.0 Å². The standard InChI is InChI=1S/C11H13N3O4/c1-17-10(15)7(12)5-18-6-2-3-8-9(4-6)14-11(16)13-8/h2-4,7H,5,12H2,1H3,(H2,13,14,16). The highest BCUT2D eigenvalue weighted by Crippen LogP contribution is 2.16. The molecule has 0 saturated carbocycles. The van der Waals surface area contributed by atoms with Gasteiger partial charge < -0.3 is 25.2 Å². The highest BCUT2D eigenvalue weighted by Gasteiger charge is 2.14. The van der Waals surface area contributed by atoms with Gasteiger partial charge in [-0.2, -0.15) is 0 Å². The molecule has 0 aliphatic carbocycles. The molecule has 0 amide bonds. The van der Waals surface area contributed by atoms with Crippen LogP contribution in [0.4, 0.5) is 0 Å². The number of hydrogen-bond acceptors (Lipinski definition) is 5. The second-order valence-corrected chi connectivity index (χ2v) is 3.73. The molecule has 1 aromatic heterocycles. The number of carbonyl (C=O) groups excluding carboxylic acids is 1. The van der Waals surface area contributed by atoms with E-state index in [1.165, 1.54) is 7.11 Å². The van der Waals surface area contributed by atoms with Crippen molar-refractivity contribution in [3.63, 3.8) is 0 Å². The lowest BCUT2D eigenvalue weighted by molar-refractivity contribution is -0.142. The number of aromatic nitrogens is 2. The van der Waals surface area contributed by atoms with E-state index in [0.717, 1.165) is 0 Å². The highest BCUT2D eigenvalue weighted by molar-refractivity contribution is 5.76. The van der Waals surface area contributed by atoms with Gasteiger partial charge in [0.25, 0.3) is 0 Å². The monoisotopic (exact) mass is 251 g/mol. The lowest BCUT2D eigenvalue weighted by Gasteiger charge is -2.10. The van der Waals surface area contributed by atoms with Crippen LogP contribution in [-0.4, -0.2) is 35.7 Å². The fourth-order valence-corrected chi connectivity index (χ4v) is 1.51. The summed E-state index contributed by atoms with van der Waals surface area (Å²) in [5.74, 6) is -0.0248. The maximum atomic E-state index is 11.1. The number of imidazole rings is 1. The van der Waals surface area contributed by atoms with Crippen LogP contribution in [0.15, 0.2) is 23.0 Å². The number of rotatable bonds is 4. The van der Waals surface area contributed by atoms with Gasteiger partial charge in [-0.05, 0) is 12.1 Å². The van der Waals surface area contributed by atoms with Gasteiger partial charge in [-0.25, -0.2) is 4.79 Å². The van der Waals surface area contributed by atoms with Gasteiger partial charge in [0.1, 0.15) is 18.4 Å². The molecular formula is C11H13N3O4. The Morgan fingerprint density at radius 1 is 1.39 bits per heavy atom. The van der Waals surface area contributed by atoms with Crippen LogP contribution in [0.5, 0.6) is 5.75 Å². The summed E-state index contributed by atoms with van der Waals surface area (Å²) >= 11 is 0. The molecule has 2 aromatic rings. The van der Waals surface area contributed by atoms with Crippen LogP contribution in [0.3, 0.4) is 0 Å². The van der Waals surface area contributed by atoms with Gasteiger partial charge in [0.15, 0.2) is 0 Å². The second kappa shape index (κ2) is 4.92. The molecule has 0 aliphatic heterocycles. The fourth-order valence-electron chi connectivity index (χ4n) is 1.51. The second-order valence-electron chi connectivity index (χ2n) is 3.73. The molecule has 0 radical (unpaired) electrons. The number of nitrogens with two attached hydrogens (primary N) is 1. The predicted molar refractivity (Wildman–Crippen MR) is 64.4 cm³/mol. The van der Waals surface area contributed by atoms with Gasteiger partial charge in [-0.15, -0.1) is 0 Å². The summed E-state index contributed by atoms with van der Waals surface area (Å²) in [6, 6.07) is 4.19. The molecule has 0 fully saturated rings. The van der Waals surface area contributed by atoms with Crippen molar-refractivity contribution in [3.8, 4) is 5.75 Å². The van der Waals surface area contributed by atoms with Crippen LogP contribution in [0.1, 0.15) is 0 Å². The van der Waals surface area contributed by atoms with Gasteiger partial charge in [-0.1, -0.05) is 0 Å². The lowest BCUT2D eigenvalue weighted by Crippen LogP contribution is -2.37. The zero-order chi connectivity index (χ0) is 13.1. The minimum atomic E-state index is -0.837. The van der Waals surface area contributed by atoms with E-state index in [9.17, 15) is 9.59 Å². The summed E-state index contributed by atoms with van der Waals surface area (Å²) in [5, 5.41) is 0. The van der Waals surface area contributed by atoms with Gasteiger partial charge in [0.2, 0.25) is 0 Å². The van der Waals surface area contributed by atoms with Crippen molar-refractivity contribution in [2.75, 3.05) is 13.7 Å². The third kappa shape index (κ3) is 2.51. The minimum Gasteiger partial charge on any atom is -0.491 e.